The maximum absolute atomic E-state index is 10.9. The number of alkyl halides is 1. The van der Waals surface area contributed by atoms with Gasteiger partial charge in [-0.3, -0.25) is 9.59 Å². The van der Waals surface area contributed by atoms with Gasteiger partial charge in [0.05, 0.1) is 0 Å². The zero-order valence-electron chi connectivity index (χ0n) is 17.1. The van der Waals surface area contributed by atoms with Crippen molar-refractivity contribution in [3.8, 4) is 12.3 Å². The Labute approximate surface area is 174 Å². The summed E-state index contributed by atoms with van der Waals surface area (Å²) in [6.45, 7) is 6.50. The van der Waals surface area contributed by atoms with Gasteiger partial charge in [0.2, 0.25) is 0 Å². The molecule has 0 aliphatic heterocycles. The second kappa shape index (κ2) is 22.8. The van der Waals surface area contributed by atoms with Gasteiger partial charge in [-0.05, 0) is 38.5 Å². The number of ether oxygens (including phenoxy) is 2. The molecule has 0 radical (unpaired) electrons. The molecule has 0 aromatic carbocycles. The van der Waals surface area contributed by atoms with Crippen molar-refractivity contribution in [3.63, 3.8) is 0 Å². The summed E-state index contributed by atoms with van der Waals surface area (Å²) in [4.78, 5) is 21.6. The Bertz CT molecular complexity index is 415. The third-order valence-corrected chi connectivity index (χ3v) is 4.25. The highest BCUT2D eigenvalue weighted by atomic mass is 79.9. The van der Waals surface area contributed by atoms with Crippen molar-refractivity contribution in [2.24, 2.45) is 0 Å². The molecule has 27 heavy (non-hydrogen) atoms. The summed E-state index contributed by atoms with van der Waals surface area (Å²) in [5.74, 6) is 1.89. The molecular formula is C22H37BrO4. The van der Waals surface area contributed by atoms with E-state index < -0.39 is 0 Å². The van der Waals surface area contributed by atoms with E-state index >= 15 is 0 Å². The Morgan fingerprint density at radius 3 is 2.22 bits per heavy atom. The zero-order chi connectivity index (χ0) is 20.8. The molecule has 156 valence electrons. The van der Waals surface area contributed by atoms with Crippen molar-refractivity contribution in [2.75, 3.05) is 11.9 Å². The number of unbranched alkanes of at least 4 members (excludes halogenated alkanes) is 8. The van der Waals surface area contributed by atoms with Crippen LogP contribution in [0.4, 0.5) is 0 Å². The van der Waals surface area contributed by atoms with E-state index in [0.717, 1.165) is 37.4 Å². The molecule has 0 saturated heterocycles. The molecule has 1 atom stereocenters. The predicted molar refractivity (Wildman–Crippen MR) is 116 cm³/mol. The molecule has 0 aliphatic carbocycles. The second-order valence-corrected chi connectivity index (χ2v) is 7.16. The van der Waals surface area contributed by atoms with Crippen molar-refractivity contribution in [2.45, 2.75) is 90.6 Å². The highest BCUT2D eigenvalue weighted by molar-refractivity contribution is 9.09. The van der Waals surface area contributed by atoms with E-state index in [1.807, 2.05) is 6.08 Å². The van der Waals surface area contributed by atoms with Crippen LogP contribution in [0.3, 0.4) is 0 Å². The topological polar surface area (TPSA) is 52.6 Å². The average molecular weight is 445 g/mol. The van der Waals surface area contributed by atoms with Crippen molar-refractivity contribution in [3.05, 3.63) is 12.7 Å². The van der Waals surface area contributed by atoms with Gasteiger partial charge in [0, 0.05) is 25.6 Å². The number of hydrogen-bond acceptors (Lipinski definition) is 4. The molecule has 0 saturated carbocycles. The second-order valence-electron chi connectivity index (χ2n) is 6.37. The summed E-state index contributed by atoms with van der Waals surface area (Å²) < 4.78 is 9.94. The third-order valence-electron chi connectivity index (χ3n) is 3.69. The SMILES string of the molecule is C#CCCCCCCC(COC(C)=O)OC(C)=O.C=CCCCCCCBr. The van der Waals surface area contributed by atoms with Gasteiger partial charge in [-0.25, -0.2) is 0 Å². The number of rotatable bonds is 15. The van der Waals surface area contributed by atoms with E-state index in [-0.39, 0.29) is 24.6 Å². The van der Waals surface area contributed by atoms with E-state index in [2.05, 4.69) is 28.4 Å². The molecule has 0 heterocycles. The van der Waals surface area contributed by atoms with E-state index in [4.69, 9.17) is 15.9 Å². The van der Waals surface area contributed by atoms with Crippen LogP contribution in [-0.4, -0.2) is 30.0 Å². The molecule has 5 heteroatoms. The lowest BCUT2D eigenvalue weighted by molar-refractivity contribution is -0.156. The van der Waals surface area contributed by atoms with Crippen LogP contribution in [0.15, 0.2) is 12.7 Å². The fourth-order valence-electron chi connectivity index (χ4n) is 2.31. The van der Waals surface area contributed by atoms with Crippen molar-refractivity contribution < 1.29 is 19.1 Å². The normalized spacial score (nSPS) is 10.7. The largest absolute Gasteiger partial charge is 0.462 e. The van der Waals surface area contributed by atoms with E-state index in [9.17, 15) is 9.59 Å². The Kier molecular flexibility index (Phi) is 23.5. The maximum Gasteiger partial charge on any atom is 0.303 e. The van der Waals surface area contributed by atoms with Crippen molar-refractivity contribution in [1.82, 2.24) is 0 Å². The van der Waals surface area contributed by atoms with Crippen molar-refractivity contribution in [1.29, 1.82) is 0 Å². The molecule has 0 amide bonds. The van der Waals surface area contributed by atoms with Gasteiger partial charge < -0.3 is 9.47 Å². The molecular weight excluding hydrogens is 408 g/mol. The number of carbonyl (C=O) groups excluding carboxylic acids is 2. The smallest absolute Gasteiger partial charge is 0.303 e. The minimum atomic E-state index is -0.360. The van der Waals surface area contributed by atoms with Crippen molar-refractivity contribution >= 4 is 27.9 Å². The van der Waals surface area contributed by atoms with Gasteiger partial charge in [-0.1, -0.05) is 47.7 Å². The van der Waals surface area contributed by atoms with E-state index in [1.54, 1.807) is 0 Å². The van der Waals surface area contributed by atoms with Crippen LogP contribution >= 0.6 is 15.9 Å². The monoisotopic (exact) mass is 444 g/mol. The summed E-state index contributed by atoms with van der Waals surface area (Å²) in [7, 11) is 0. The van der Waals surface area contributed by atoms with Crippen LogP contribution in [0.25, 0.3) is 0 Å². The number of allylic oxidation sites excluding steroid dienone is 1. The van der Waals surface area contributed by atoms with E-state index in [0.29, 0.717) is 6.42 Å². The first-order chi connectivity index (χ1) is 13.0. The summed E-state index contributed by atoms with van der Waals surface area (Å²) in [6.07, 6.45) is 18.9. The summed E-state index contributed by atoms with van der Waals surface area (Å²) in [6, 6.07) is 0. The lowest BCUT2D eigenvalue weighted by Gasteiger charge is -2.16. The highest BCUT2D eigenvalue weighted by Crippen LogP contribution is 2.10. The minimum absolute atomic E-state index is 0.138. The average Bonchev–Trinajstić information content (AvgIpc) is 2.62. The first-order valence-corrected chi connectivity index (χ1v) is 11.0. The molecule has 0 spiro atoms. The third kappa shape index (κ3) is 27.0. The standard InChI is InChI=1S/C14H22O4.C8H15Br/c1-4-5-6-7-8-9-10-14(18-13(3)16)11-17-12(2)15;1-2-3-4-5-6-7-8-9/h1,14H,5-11H2,2-3H3;2H,1,3-8H2. The number of halogens is 1. The maximum atomic E-state index is 10.9. The fraction of sp³-hybridized carbons (Fsp3) is 0.727. The summed E-state index contributed by atoms with van der Waals surface area (Å²) >= 11 is 3.40. The lowest BCUT2D eigenvalue weighted by Crippen LogP contribution is -2.23. The molecule has 0 aromatic heterocycles. The molecule has 1 unspecified atom stereocenters. The Morgan fingerprint density at radius 1 is 1.04 bits per heavy atom. The Balaban J connectivity index is 0. The Hall–Kier alpha value is -1.28. The molecule has 0 rings (SSSR count). The number of terminal acetylenes is 1. The van der Waals surface area contributed by atoms with Crippen LogP contribution in [0.1, 0.15) is 84.5 Å². The van der Waals surface area contributed by atoms with Crippen LogP contribution in [0, 0.1) is 12.3 Å². The molecule has 0 fully saturated rings. The van der Waals surface area contributed by atoms with Crippen LogP contribution in [-0.2, 0) is 19.1 Å². The van der Waals surface area contributed by atoms with Crippen LogP contribution < -0.4 is 0 Å². The lowest BCUT2D eigenvalue weighted by atomic mass is 10.1. The molecule has 0 bridgehead atoms. The van der Waals surface area contributed by atoms with Gasteiger partial charge >= 0.3 is 11.9 Å². The summed E-state index contributed by atoms with van der Waals surface area (Å²) in [5.41, 5.74) is 0. The predicted octanol–water partition coefficient (Wildman–Crippen LogP) is 5.97. The summed E-state index contributed by atoms with van der Waals surface area (Å²) in [5, 5.41) is 1.15. The highest BCUT2D eigenvalue weighted by Gasteiger charge is 2.13. The van der Waals surface area contributed by atoms with Gasteiger partial charge in [0.15, 0.2) is 0 Å². The fourth-order valence-corrected chi connectivity index (χ4v) is 2.71. The number of hydrogen-bond donors (Lipinski definition) is 0. The first-order valence-electron chi connectivity index (χ1n) is 9.88. The van der Waals surface area contributed by atoms with Crippen LogP contribution in [0.2, 0.25) is 0 Å². The van der Waals surface area contributed by atoms with Gasteiger partial charge in [0.1, 0.15) is 12.7 Å². The molecule has 0 aromatic rings. The Morgan fingerprint density at radius 2 is 1.67 bits per heavy atom. The minimum Gasteiger partial charge on any atom is -0.462 e. The van der Waals surface area contributed by atoms with Gasteiger partial charge in [-0.2, -0.15) is 0 Å². The molecule has 4 nitrogen and oxygen atoms in total. The van der Waals surface area contributed by atoms with Gasteiger partial charge in [-0.15, -0.1) is 18.9 Å². The van der Waals surface area contributed by atoms with Gasteiger partial charge in [0.25, 0.3) is 0 Å². The first kappa shape index (κ1) is 27.9. The zero-order valence-corrected chi connectivity index (χ0v) is 18.7. The van der Waals surface area contributed by atoms with Crippen LogP contribution in [0.5, 0.6) is 0 Å². The molecule has 0 aliphatic rings. The molecule has 0 N–H and O–H groups in total. The number of carbonyl (C=O) groups is 2. The number of esters is 2. The quantitative estimate of drug-likeness (QED) is 0.102. The van der Waals surface area contributed by atoms with E-state index in [1.165, 1.54) is 46.0 Å².